The van der Waals surface area contributed by atoms with E-state index in [0.29, 0.717) is 11.9 Å². The van der Waals surface area contributed by atoms with Crippen LogP contribution < -0.4 is 21.3 Å². The number of aryl methyl sites for hydroxylation is 1. The number of benzene rings is 2. The molecule has 3 aliphatic heterocycles. The molecule has 0 saturated heterocycles. The summed E-state index contributed by atoms with van der Waals surface area (Å²) >= 11 is 0. The molecular weight excluding hydrogens is 376 g/mol. The van der Waals surface area contributed by atoms with Crippen LogP contribution in [0.15, 0.2) is 52.4 Å². The third-order valence-electron chi connectivity index (χ3n) is 6.17. The van der Waals surface area contributed by atoms with Crippen LogP contribution in [-0.2, 0) is 10.5 Å². The van der Waals surface area contributed by atoms with E-state index in [1.807, 2.05) is 48.2 Å². The third kappa shape index (κ3) is 2.54. The largest absolute Gasteiger partial charge is 0.370 e. The fourth-order valence-corrected chi connectivity index (χ4v) is 5.07. The zero-order chi connectivity index (χ0) is 21.3. The van der Waals surface area contributed by atoms with E-state index in [0.717, 1.165) is 28.9 Å². The minimum Gasteiger partial charge on any atom is -0.370 e. The van der Waals surface area contributed by atoms with Crippen molar-refractivity contribution >= 4 is 29.2 Å². The number of carbonyl (C=O) groups excluding carboxylic acids is 1. The van der Waals surface area contributed by atoms with E-state index in [1.165, 1.54) is 5.56 Å². The van der Waals surface area contributed by atoms with Gasteiger partial charge in [0.05, 0.1) is 5.69 Å². The lowest BCUT2D eigenvalue weighted by atomic mass is 9.79. The highest BCUT2D eigenvalue weighted by atomic mass is 16.2. The van der Waals surface area contributed by atoms with Crippen molar-refractivity contribution in [1.29, 1.82) is 0 Å². The van der Waals surface area contributed by atoms with Gasteiger partial charge in [-0.25, -0.2) is 9.98 Å². The van der Waals surface area contributed by atoms with E-state index in [-0.39, 0.29) is 17.4 Å². The Balaban J connectivity index is 1.72. The van der Waals surface area contributed by atoms with Crippen LogP contribution in [0.3, 0.4) is 0 Å². The number of carbonyl (C=O) groups is 1. The number of hydrogen-bond acceptors (Lipinski definition) is 6. The fraction of sp³-hybridized carbons (Fsp3) is 0.348. The third-order valence-corrected chi connectivity index (χ3v) is 6.17. The number of aliphatic imine (C=N–C) groups is 2. The second-order valence-corrected chi connectivity index (χ2v) is 9.05. The van der Waals surface area contributed by atoms with Crippen molar-refractivity contribution in [2.45, 2.75) is 51.2 Å². The average molecular weight is 403 g/mol. The van der Waals surface area contributed by atoms with E-state index >= 15 is 0 Å². The maximum atomic E-state index is 13.9. The second-order valence-electron chi connectivity index (χ2n) is 9.05. The molecule has 4 N–H and O–H groups in total. The highest BCUT2D eigenvalue weighted by molar-refractivity contribution is 6.15. The van der Waals surface area contributed by atoms with Crippen LogP contribution in [0.2, 0.25) is 0 Å². The number of nitrogens with one attached hydrogen (secondary N) is 2. The molecule has 7 nitrogen and oxygen atoms in total. The molecule has 0 fully saturated rings. The first-order valence-corrected chi connectivity index (χ1v) is 10.3. The minimum atomic E-state index is -1.41. The average Bonchev–Trinajstić information content (AvgIpc) is 2.89. The number of rotatable bonds is 1. The van der Waals surface area contributed by atoms with Crippen molar-refractivity contribution in [3.63, 3.8) is 0 Å². The standard InChI is InChI=1S/C23H26N6O/c1-13-10-16-14(2)12-22(3,4)29-18(16)17(11-13)23(19(29)30)27-20(24)26-21(28-23)25-15-8-6-5-7-9-15/h5-11,14H,12H2,1-4H3,(H4,24,25,26,27,28)/t14-,23-/m1/s1. The van der Waals surface area contributed by atoms with E-state index in [2.05, 4.69) is 42.5 Å². The number of amides is 1. The highest BCUT2D eigenvalue weighted by Gasteiger charge is 2.59. The number of nitrogens with two attached hydrogens (primary N) is 1. The SMILES string of the molecule is Cc1cc2c3c(c1)[C@]1(N=C(N)NC(Nc4ccccc4)=N1)C(=O)N3C(C)(C)C[C@H]2C. The summed E-state index contributed by atoms with van der Waals surface area (Å²) in [6.07, 6.45) is 0.876. The smallest absolute Gasteiger partial charge is 0.283 e. The molecule has 1 amide bonds. The van der Waals surface area contributed by atoms with Gasteiger partial charge in [0.2, 0.25) is 5.96 Å². The van der Waals surface area contributed by atoms with Gasteiger partial charge in [-0.1, -0.05) is 36.8 Å². The number of guanidine groups is 2. The van der Waals surface area contributed by atoms with E-state index < -0.39 is 5.66 Å². The van der Waals surface area contributed by atoms with Crippen LogP contribution in [0.4, 0.5) is 11.4 Å². The Morgan fingerprint density at radius 3 is 2.67 bits per heavy atom. The highest BCUT2D eigenvalue weighted by Crippen LogP contribution is 2.55. The van der Waals surface area contributed by atoms with Crippen molar-refractivity contribution in [2.75, 3.05) is 10.2 Å². The Bertz CT molecular complexity index is 1120. The van der Waals surface area contributed by atoms with Crippen LogP contribution in [0.5, 0.6) is 0 Å². The van der Waals surface area contributed by atoms with Gasteiger partial charge >= 0.3 is 0 Å². The summed E-state index contributed by atoms with van der Waals surface area (Å²) in [7, 11) is 0. The summed E-state index contributed by atoms with van der Waals surface area (Å²) in [5.41, 5.74) is 9.28. The Hall–Kier alpha value is -3.35. The monoisotopic (exact) mass is 402 g/mol. The van der Waals surface area contributed by atoms with E-state index in [9.17, 15) is 4.79 Å². The summed E-state index contributed by atoms with van der Waals surface area (Å²) in [4.78, 5) is 25.2. The van der Waals surface area contributed by atoms with Gasteiger partial charge in [-0.3, -0.25) is 10.1 Å². The molecule has 3 heterocycles. The van der Waals surface area contributed by atoms with Crippen molar-refractivity contribution in [1.82, 2.24) is 5.32 Å². The number of nitrogens with zero attached hydrogens (tertiary/aromatic N) is 3. The molecule has 0 radical (unpaired) electrons. The first-order chi connectivity index (χ1) is 14.2. The van der Waals surface area contributed by atoms with Crippen LogP contribution >= 0.6 is 0 Å². The Labute approximate surface area is 176 Å². The lowest BCUT2D eigenvalue weighted by molar-refractivity contribution is -0.123. The zero-order valence-electron chi connectivity index (χ0n) is 17.7. The van der Waals surface area contributed by atoms with Crippen LogP contribution in [-0.4, -0.2) is 23.4 Å². The summed E-state index contributed by atoms with van der Waals surface area (Å²) in [5.74, 6) is 0.751. The summed E-state index contributed by atoms with van der Waals surface area (Å²) in [6.45, 7) is 8.47. The van der Waals surface area contributed by atoms with Gasteiger partial charge in [0, 0.05) is 16.8 Å². The Morgan fingerprint density at radius 2 is 1.93 bits per heavy atom. The lowest BCUT2D eigenvalue weighted by Crippen LogP contribution is -2.55. The molecule has 0 saturated carbocycles. The molecule has 0 unspecified atom stereocenters. The van der Waals surface area contributed by atoms with Crippen LogP contribution in [0, 0.1) is 6.92 Å². The number of anilines is 2. The summed E-state index contributed by atoms with van der Waals surface area (Å²) in [5, 5.41) is 6.20. The molecule has 1 spiro atoms. The molecule has 2 aromatic carbocycles. The molecule has 3 aliphatic rings. The van der Waals surface area contributed by atoms with Crippen molar-refractivity contribution in [3.8, 4) is 0 Å². The minimum absolute atomic E-state index is 0.155. The maximum Gasteiger partial charge on any atom is 0.283 e. The Kier molecular flexibility index (Phi) is 3.78. The van der Waals surface area contributed by atoms with Gasteiger partial charge in [-0.2, -0.15) is 0 Å². The number of fused-ring (bicyclic) bond motifs is 1. The van der Waals surface area contributed by atoms with Crippen molar-refractivity contribution < 1.29 is 4.79 Å². The normalized spacial score (nSPS) is 26.1. The fourth-order valence-electron chi connectivity index (χ4n) is 5.07. The van der Waals surface area contributed by atoms with Crippen LogP contribution in [0.25, 0.3) is 0 Å². The first-order valence-electron chi connectivity index (χ1n) is 10.3. The van der Waals surface area contributed by atoms with Gasteiger partial charge in [-0.15, -0.1) is 0 Å². The molecule has 0 aliphatic carbocycles. The quantitative estimate of drug-likeness (QED) is 0.683. The predicted molar refractivity (Wildman–Crippen MR) is 120 cm³/mol. The topological polar surface area (TPSA) is 95.1 Å². The molecular formula is C23H26N6O. The van der Waals surface area contributed by atoms with Crippen molar-refractivity contribution in [3.05, 3.63) is 59.2 Å². The van der Waals surface area contributed by atoms with Gasteiger partial charge < -0.3 is 16.0 Å². The van der Waals surface area contributed by atoms with Crippen molar-refractivity contribution in [2.24, 2.45) is 15.7 Å². The second kappa shape index (κ2) is 6.08. The summed E-state index contributed by atoms with van der Waals surface area (Å²) < 4.78 is 0. The van der Waals surface area contributed by atoms with Gasteiger partial charge in [0.15, 0.2) is 5.96 Å². The number of para-hydroxylation sites is 1. The molecule has 7 heteroatoms. The number of hydrogen-bond donors (Lipinski definition) is 3. The molecule has 0 bridgehead atoms. The molecule has 2 aromatic rings. The van der Waals surface area contributed by atoms with Gasteiger partial charge in [-0.05, 0) is 56.9 Å². The van der Waals surface area contributed by atoms with Gasteiger partial charge in [0.25, 0.3) is 11.6 Å². The molecule has 0 aromatic heterocycles. The van der Waals surface area contributed by atoms with E-state index in [4.69, 9.17) is 10.7 Å². The summed E-state index contributed by atoms with van der Waals surface area (Å²) in [6, 6.07) is 13.9. The van der Waals surface area contributed by atoms with Crippen LogP contribution in [0.1, 0.15) is 49.8 Å². The molecule has 30 heavy (non-hydrogen) atoms. The zero-order valence-corrected chi connectivity index (χ0v) is 17.7. The van der Waals surface area contributed by atoms with E-state index in [1.54, 1.807) is 0 Å². The Morgan fingerprint density at radius 1 is 1.20 bits per heavy atom. The molecule has 5 rings (SSSR count). The lowest BCUT2D eigenvalue weighted by Gasteiger charge is -2.43. The predicted octanol–water partition coefficient (Wildman–Crippen LogP) is 3.17. The van der Waals surface area contributed by atoms with Gasteiger partial charge in [0.1, 0.15) is 0 Å². The first kappa shape index (κ1) is 18.7. The molecule has 2 atom stereocenters. The molecule has 154 valence electrons. The maximum absolute atomic E-state index is 13.9.